The third-order valence-electron chi connectivity index (χ3n) is 3.12. The molecule has 0 bridgehead atoms. The summed E-state index contributed by atoms with van der Waals surface area (Å²) in [6.45, 7) is 9.62. The number of rotatable bonds is 7. The number of nitrogens with two attached hydrogens (primary N) is 1. The van der Waals surface area contributed by atoms with Gasteiger partial charge in [-0.3, -0.25) is 4.79 Å². The van der Waals surface area contributed by atoms with Crippen LogP contribution in [0.25, 0.3) is 0 Å². The largest absolute Gasteiger partial charge is 0.369 e. The number of aryl methyl sites for hydroxylation is 1. The third-order valence-corrected chi connectivity index (χ3v) is 3.12. The fraction of sp³-hybridized carbons (Fsp3) is 0.533. The number of nitrogens with one attached hydrogen (secondary N) is 1. The molecular weight excluding hydrogens is 238 g/mol. The van der Waals surface area contributed by atoms with Crippen LogP contribution in [0.4, 0.5) is 5.69 Å². The van der Waals surface area contributed by atoms with E-state index in [1.807, 2.05) is 26.0 Å². The number of hydrogen-bond acceptors (Lipinski definition) is 3. The summed E-state index contributed by atoms with van der Waals surface area (Å²) < 4.78 is 0. The molecule has 1 aromatic carbocycles. The molecule has 0 aliphatic heterocycles. The lowest BCUT2D eigenvalue weighted by Gasteiger charge is -2.29. The maximum absolute atomic E-state index is 11.5. The lowest BCUT2D eigenvalue weighted by atomic mass is 10.1. The van der Waals surface area contributed by atoms with Crippen molar-refractivity contribution in [3.63, 3.8) is 0 Å². The van der Waals surface area contributed by atoms with E-state index in [0.717, 1.165) is 12.2 Å². The molecule has 0 heterocycles. The highest BCUT2D eigenvalue weighted by atomic mass is 16.1. The van der Waals surface area contributed by atoms with Crippen molar-refractivity contribution in [3.8, 4) is 0 Å². The van der Waals surface area contributed by atoms with Crippen LogP contribution >= 0.6 is 0 Å². The number of primary amides is 1. The SMILES string of the molecule is CCN(CC(NC(C)C)C(N)=O)c1ccccc1C. The molecule has 0 saturated carbocycles. The Balaban J connectivity index is 2.85. The smallest absolute Gasteiger partial charge is 0.236 e. The van der Waals surface area contributed by atoms with E-state index in [0.29, 0.717) is 6.54 Å². The Labute approximate surface area is 116 Å². The third kappa shape index (κ3) is 4.56. The standard InChI is InChI=1S/C15H25N3O/c1-5-18(14-9-7-6-8-12(14)4)10-13(15(16)19)17-11(2)3/h6-9,11,13,17H,5,10H2,1-4H3,(H2,16,19). The summed E-state index contributed by atoms with van der Waals surface area (Å²) in [4.78, 5) is 13.7. The normalized spacial score (nSPS) is 12.5. The Bertz CT molecular complexity index is 418. The van der Waals surface area contributed by atoms with Crippen LogP contribution in [0.5, 0.6) is 0 Å². The first-order valence-corrected chi connectivity index (χ1v) is 6.81. The van der Waals surface area contributed by atoms with Crippen molar-refractivity contribution in [3.05, 3.63) is 29.8 Å². The lowest BCUT2D eigenvalue weighted by molar-refractivity contribution is -0.119. The van der Waals surface area contributed by atoms with Crippen LogP contribution in [0.1, 0.15) is 26.3 Å². The van der Waals surface area contributed by atoms with Crippen LogP contribution < -0.4 is 16.0 Å². The zero-order valence-corrected chi connectivity index (χ0v) is 12.3. The quantitative estimate of drug-likeness (QED) is 0.787. The summed E-state index contributed by atoms with van der Waals surface area (Å²) >= 11 is 0. The summed E-state index contributed by atoms with van der Waals surface area (Å²) in [6, 6.07) is 8.08. The van der Waals surface area contributed by atoms with Crippen molar-refractivity contribution in [1.82, 2.24) is 5.32 Å². The van der Waals surface area contributed by atoms with Gasteiger partial charge >= 0.3 is 0 Å². The second-order valence-electron chi connectivity index (χ2n) is 5.10. The first-order valence-electron chi connectivity index (χ1n) is 6.81. The van der Waals surface area contributed by atoms with Crippen LogP contribution in [0.3, 0.4) is 0 Å². The minimum absolute atomic E-state index is 0.230. The average molecular weight is 263 g/mol. The Hall–Kier alpha value is -1.55. The molecule has 106 valence electrons. The minimum Gasteiger partial charge on any atom is -0.369 e. The molecule has 0 spiro atoms. The molecule has 0 radical (unpaired) electrons. The molecule has 1 unspecified atom stereocenters. The van der Waals surface area contributed by atoms with Gasteiger partial charge in [-0.05, 0) is 25.5 Å². The van der Waals surface area contributed by atoms with Crippen LogP contribution in [-0.4, -0.2) is 31.1 Å². The van der Waals surface area contributed by atoms with Gasteiger partial charge in [-0.15, -0.1) is 0 Å². The van der Waals surface area contributed by atoms with Gasteiger partial charge in [0, 0.05) is 24.8 Å². The molecular formula is C15H25N3O. The Kier molecular flexibility index (Phi) is 5.83. The topological polar surface area (TPSA) is 58.4 Å². The van der Waals surface area contributed by atoms with Crippen molar-refractivity contribution < 1.29 is 4.79 Å². The van der Waals surface area contributed by atoms with Gasteiger partial charge < -0.3 is 16.0 Å². The summed E-state index contributed by atoms with van der Waals surface area (Å²) in [7, 11) is 0. The minimum atomic E-state index is -0.334. The van der Waals surface area contributed by atoms with Crippen molar-refractivity contribution >= 4 is 11.6 Å². The molecule has 1 aromatic rings. The molecule has 0 aliphatic rings. The number of hydrogen-bond donors (Lipinski definition) is 2. The lowest BCUT2D eigenvalue weighted by Crippen LogP contribution is -2.51. The number of carbonyl (C=O) groups is 1. The van der Waals surface area contributed by atoms with E-state index in [-0.39, 0.29) is 18.0 Å². The molecule has 0 aromatic heterocycles. The van der Waals surface area contributed by atoms with E-state index in [4.69, 9.17) is 5.73 Å². The van der Waals surface area contributed by atoms with Gasteiger partial charge in [0.1, 0.15) is 6.04 Å². The molecule has 4 nitrogen and oxygen atoms in total. The second kappa shape index (κ2) is 7.14. The summed E-state index contributed by atoms with van der Waals surface area (Å²) in [5.41, 5.74) is 7.84. The zero-order chi connectivity index (χ0) is 14.4. The van der Waals surface area contributed by atoms with Crippen molar-refractivity contribution in [2.45, 2.75) is 39.8 Å². The molecule has 0 aliphatic carbocycles. The van der Waals surface area contributed by atoms with Gasteiger partial charge in [0.25, 0.3) is 0 Å². The number of benzene rings is 1. The molecule has 1 rings (SSSR count). The maximum Gasteiger partial charge on any atom is 0.236 e. The maximum atomic E-state index is 11.5. The molecule has 0 saturated heterocycles. The van der Waals surface area contributed by atoms with E-state index in [9.17, 15) is 4.79 Å². The number of carbonyl (C=O) groups excluding carboxylic acids is 1. The number of para-hydroxylation sites is 1. The highest BCUT2D eigenvalue weighted by molar-refractivity contribution is 5.80. The van der Waals surface area contributed by atoms with E-state index in [1.165, 1.54) is 5.56 Å². The monoisotopic (exact) mass is 263 g/mol. The Morgan fingerprint density at radius 1 is 1.37 bits per heavy atom. The van der Waals surface area contributed by atoms with Gasteiger partial charge in [-0.2, -0.15) is 0 Å². The predicted octanol–water partition coefficient (Wildman–Crippen LogP) is 1.67. The summed E-state index contributed by atoms with van der Waals surface area (Å²) in [5, 5.41) is 3.22. The first-order chi connectivity index (χ1) is 8.95. The highest BCUT2D eigenvalue weighted by Gasteiger charge is 2.20. The van der Waals surface area contributed by atoms with E-state index < -0.39 is 0 Å². The van der Waals surface area contributed by atoms with E-state index >= 15 is 0 Å². The molecule has 1 atom stereocenters. The van der Waals surface area contributed by atoms with E-state index in [2.05, 4.69) is 36.2 Å². The molecule has 19 heavy (non-hydrogen) atoms. The van der Waals surface area contributed by atoms with Crippen molar-refractivity contribution in [1.29, 1.82) is 0 Å². The average Bonchev–Trinajstić information content (AvgIpc) is 2.35. The fourth-order valence-electron chi connectivity index (χ4n) is 2.16. The Morgan fingerprint density at radius 3 is 2.47 bits per heavy atom. The van der Waals surface area contributed by atoms with E-state index in [1.54, 1.807) is 0 Å². The Morgan fingerprint density at radius 2 is 2.00 bits per heavy atom. The van der Waals surface area contributed by atoms with Crippen LogP contribution in [0.15, 0.2) is 24.3 Å². The predicted molar refractivity (Wildman–Crippen MR) is 80.3 cm³/mol. The highest BCUT2D eigenvalue weighted by Crippen LogP contribution is 2.19. The second-order valence-corrected chi connectivity index (χ2v) is 5.10. The zero-order valence-electron chi connectivity index (χ0n) is 12.3. The van der Waals surface area contributed by atoms with Gasteiger partial charge in [-0.1, -0.05) is 32.0 Å². The fourth-order valence-corrected chi connectivity index (χ4v) is 2.16. The molecule has 1 amide bonds. The summed E-state index contributed by atoms with van der Waals surface area (Å²) in [5.74, 6) is -0.305. The van der Waals surface area contributed by atoms with Crippen LogP contribution in [-0.2, 0) is 4.79 Å². The van der Waals surface area contributed by atoms with Crippen molar-refractivity contribution in [2.24, 2.45) is 5.73 Å². The van der Waals surface area contributed by atoms with Crippen LogP contribution in [0, 0.1) is 6.92 Å². The number of nitrogens with zero attached hydrogens (tertiary/aromatic N) is 1. The number of amides is 1. The van der Waals surface area contributed by atoms with Crippen LogP contribution in [0.2, 0.25) is 0 Å². The number of anilines is 1. The number of likely N-dealkylation sites (N-methyl/N-ethyl adjacent to an activating group) is 1. The first kappa shape index (κ1) is 15.5. The molecule has 4 heteroatoms. The van der Waals surface area contributed by atoms with Crippen molar-refractivity contribution in [2.75, 3.05) is 18.0 Å². The molecule has 0 fully saturated rings. The van der Waals surface area contributed by atoms with Gasteiger partial charge in [-0.25, -0.2) is 0 Å². The summed E-state index contributed by atoms with van der Waals surface area (Å²) in [6.07, 6.45) is 0. The van der Waals surface area contributed by atoms with Gasteiger partial charge in [0.2, 0.25) is 5.91 Å². The molecule has 3 N–H and O–H groups in total. The van der Waals surface area contributed by atoms with Gasteiger partial charge in [0.15, 0.2) is 0 Å². The van der Waals surface area contributed by atoms with Gasteiger partial charge in [0.05, 0.1) is 0 Å².